The summed E-state index contributed by atoms with van der Waals surface area (Å²) in [5.41, 5.74) is 3.07. The van der Waals surface area contributed by atoms with Gasteiger partial charge < -0.3 is 10.6 Å². The van der Waals surface area contributed by atoms with Gasteiger partial charge in [0.05, 0.1) is 11.3 Å². The summed E-state index contributed by atoms with van der Waals surface area (Å²) in [5, 5.41) is 5.69. The zero-order chi connectivity index (χ0) is 12.4. The van der Waals surface area contributed by atoms with Crippen LogP contribution >= 0.6 is 0 Å². The lowest BCUT2D eigenvalue weighted by Crippen LogP contribution is -2.26. The van der Waals surface area contributed by atoms with Crippen molar-refractivity contribution < 1.29 is 9.59 Å². The van der Waals surface area contributed by atoms with Gasteiger partial charge in [-0.3, -0.25) is 9.59 Å². The largest absolute Gasteiger partial charge is 0.325 e. The van der Waals surface area contributed by atoms with Gasteiger partial charge in [0.2, 0.25) is 11.8 Å². The summed E-state index contributed by atoms with van der Waals surface area (Å²) in [5.74, 6) is -0.107. The van der Waals surface area contributed by atoms with Gasteiger partial charge in [0.25, 0.3) is 0 Å². The van der Waals surface area contributed by atoms with Crippen molar-refractivity contribution in [2.75, 3.05) is 10.6 Å². The molecule has 4 nitrogen and oxygen atoms in total. The van der Waals surface area contributed by atoms with E-state index in [4.69, 9.17) is 0 Å². The molecule has 0 fully saturated rings. The van der Waals surface area contributed by atoms with Gasteiger partial charge >= 0.3 is 0 Å². The highest BCUT2D eigenvalue weighted by molar-refractivity contribution is 6.09. The van der Waals surface area contributed by atoms with Crippen LogP contribution in [0.15, 0.2) is 12.1 Å². The molecule has 1 atom stereocenters. The quantitative estimate of drug-likeness (QED) is 0.716. The second-order valence-electron chi connectivity index (χ2n) is 5.28. The first kappa shape index (κ1) is 10.3. The van der Waals surface area contributed by atoms with E-state index in [1.165, 1.54) is 0 Å². The Balaban J connectivity index is 2.21. The van der Waals surface area contributed by atoms with Crippen LogP contribution in [0.25, 0.3) is 0 Å². The molecule has 0 saturated heterocycles. The molecule has 0 aliphatic carbocycles. The third-order valence-electron chi connectivity index (χ3n) is 3.80. The molecule has 1 unspecified atom stereocenters. The predicted octanol–water partition coefficient (Wildman–Crippen LogP) is 1.97. The summed E-state index contributed by atoms with van der Waals surface area (Å²) in [7, 11) is 0. The Morgan fingerprint density at radius 3 is 2.53 bits per heavy atom. The number of benzene rings is 1. The van der Waals surface area contributed by atoms with Gasteiger partial charge in [-0.2, -0.15) is 0 Å². The van der Waals surface area contributed by atoms with Crippen LogP contribution in [-0.4, -0.2) is 11.8 Å². The van der Waals surface area contributed by atoms with Crippen LogP contribution in [-0.2, 0) is 15.0 Å². The van der Waals surface area contributed by atoms with E-state index in [-0.39, 0.29) is 17.7 Å². The van der Waals surface area contributed by atoms with Gasteiger partial charge in [-0.05, 0) is 44.0 Å². The molecular formula is C13H14N2O2. The Hall–Kier alpha value is -1.84. The number of carbonyl (C=O) groups excluding carboxylic acids is 2. The lowest BCUT2D eigenvalue weighted by molar-refractivity contribution is -0.119. The van der Waals surface area contributed by atoms with Crippen LogP contribution in [0.3, 0.4) is 0 Å². The van der Waals surface area contributed by atoms with Gasteiger partial charge in [0, 0.05) is 11.4 Å². The molecule has 1 aromatic rings. The van der Waals surface area contributed by atoms with Crippen LogP contribution in [0, 0.1) is 0 Å². The van der Waals surface area contributed by atoms with Crippen LogP contribution in [0.1, 0.15) is 37.8 Å². The molecule has 88 valence electrons. The SMILES string of the molecule is CC1C(=O)Nc2cc3c(cc21)C(C)(C)C(=O)N3. The number of nitrogens with one attached hydrogen (secondary N) is 2. The lowest BCUT2D eigenvalue weighted by Gasteiger charge is -2.16. The Morgan fingerprint density at radius 1 is 1.12 bits per heavy atom. The standard InChI is InChI=1S/C13H14N2O2/c1-6-7-4-8-10(5-9(7)14-11(6)16)15-12(17)13(8,2)3/h4-6H,1-3H3,(H,14,16)(H,15,17). The normalized spacial score (nSPS) is 24.1. The number of fused-ring (bicyclic) bond motifs is 2. The van der Waals surface area contributed by atoms with E-state index in [9.17, 15) is 9.59 Å². The van der Waals surface area contributed by atoms with Crippen LogP contribution in [0.5, 0.6) is 0 Å². The molecule has 3 rings (SSSR count). The average Bonchev–Trinajstić information content (AvgIpc) is 2.64. The molecule has 2 amide bonds. The Kier molecular flexibility index (Phi) is 1.75. The van der Waals surface area contributed by atoms with Gasteiger partial charge in [-0.1, -0.05) is 0 Å². The average molecular weight is 230 g/mol. The molecule has 2 heterocycles. The molecule has 0 saturated carbocycles. The Labute approximate surface area is 99.4 Å². The molecule has 0 spiro atoms. The first-order valence-electron chi connectivity index (χ1n) is 5.72. The maximum atomic E-state index is 11.8. The van der Waals surface area contributed by atoms with Gasteiger partial charge in [-0.25, -0.2) is 0 Å². The summed E-state index contributed by atoms with van der Waals surface area (Å²) in [6, 6.07) is 3.84. The van der Waals surface area contributed by atoms with Crippen molar-refractivity contribution in [3.05, 3.63) is 23.3 Å². The van der Waals surface area contributed by atoms with Gasteiger partial charge in [-0.15, -0.1) is 0 Å². The van der Waals surface area contributed by atoms with E-state index < -0.39 is 5.41 Å². The van der Waals surface area contributed by atoms with Crippen molar-refractivity contribution in [2.45, 2.75) is 32.1 Å². The van der Waals surface area contributed by atoms with Crippen molar-refractivity contribution in [1.29, 1.82) is 0 Å². The van der Waals surface area contributed by atoms with Crippen LogP contribution < -0.4 is 10.6 Å². The second kappa shape index (κ2) is 2.88. The Bertz CT molecular complexity index is 561. The van der Waals surface area contributed by atoms with E-state index >= 15 is 0 Å². The van der Waals surface area contributed by atoms with Crippen molar-refractivity contribution in [3.63, 3.8) is 0 Å². The van der Waals surface area contributed by atoms with E-state index in [0.717, 1.165) is 22.5 Å². The van der Waals surface area contributed by atoms with E-state index in [1.54, 1.807) is 0 Å². The minimum Gasteiger partial charge on any atom is -0.325 e. The monoisotopic (exact) mass is 230 g/mol. The maximum Gasteiger partial charge on any atom is 0.234 e. The van der Waals surface area contributed by atoms with Crippen molar-refractivity contribution in [3.8, 4) is 0 Å². The molecular weight excluding hydrogens is 216 g/mol. The number of carbonyl (C=O) groups is 2. The van der Waals surface area contributed by atoms with Gasteiger partial charge in [0.1, 0.15) is 0 Å². The third-order valence-corrected chi connectivity index (χ3v) is 3.80. The highest BCUT2D eigenvalue weighted by Gasteiger charge is 2.40. The molecule has 1 aromatic carbocycles. The summed E-state index contributed by atoms with van der Waals surface area (Å²) >= 11 is 0. The summed E-state index contributed by atoms with van der Waals surface area (Å²) in [4.78, 5) is 23.4. The van der Waals surface area contributed by atoms with E-state index in [2.05, 4.69) is 10.6 Å². The van der Waals surface area contributed by atoms with Crippen molar-refractivity contribution >= 4 is 23.2 Å². The fraction of sp³-hybridized carbons (Fsp3) is 0.385. The second-order valence-corrected chi connectivity index (χ2v) is 5.28. The maximum absolute atomic E-state index is 11.8. The molecule has 4 heteroatoms. The van der Waals surface area contributed by atoms with Crippen molar-refractivity contribution in [2.24, 2.45) is 0 Å². The minimum atomic E-state index is -0.518. The lowest BCUT2D eigenvalue weighted by atomic mass is 9.84. The first-order chi connectivity index (χ1) is 7.91. The molecule has 2 aliphatic heterocycles. The van der Waals surface area contributed by atoms with Gasteiger partial charge in [0.15, 0.2) is 0 Å². The molecule has 17 heavy (non-hydrogen) atoms. The Morgan fingerprint density at radius 2 is 1.82 bits per heavy atom. The number of hydrogen-bond acceptors (Lipinski definition) is 2. The fourth-order valence-corrected chi connectivity index (χ4v) is 2.49. The molecule has 0 aromatic heterocycles. The number of hydrogen-bond donors (Lipinski definition) is 2. The number of amides is 2. The van der Waals surface area contributed by atoms with E-state index in [0.29, 0.717) is 0 Å². The van der Waals surface area contributed by atoms with Crippen molar-refractivity contribution in [1.82, 2.24) is 0 Å². The number of rotatable bonds is 0. The van der Waals surface area contributed by atoms with Crippen LogP contribution in [0.2, 0.25) is 0 Å². The number of anilines is 2. The predicted molar refractivity (Wildman–Crippen MR) is 65.1 cm³/mol. The van der Waals surface area contributed by atoms with Crippen LogP contribution in [0.4, 0.5) is 11.4 Å². The topological polar surface area (TPSA) is 58.2 Å². The molecule has 0 bridgehead atoms. The molecule has 2 aliphatic rings. The minimum absolute atomic E-state index is 0.00940. The highest BCUT2D eigenvalue weighted by atomic mass is 16.2. The summed E-state index contributed by atoms with van der Waals surface area (Å²) < 4.78 is 0. The zero-order valence-electron chi connectivity index (χ0n) is 10.0. The summed E-state index contributed by atoms with van der Waals surface area (Å²) in [6.45, 7) is 5.68. The van der Waals surface area contributed by atoms with E-state index in [1.807, 2.05) is 32.9 Å². The third kappa shape index (κ3) is 1.18. The first-order valence-corrected chi connectivity index (χ1v) is 5.72. The zero-order valence-corrected chi connectivity index (χ0v) is 10.0. The smallest absolute Gasteiger partial charge is 0.234 e. The molecule has 2 N–H and O–H groups in total. The summed E-state index contributed by atoms with van der Waals surface area (Å²) in [6.07, 6.45) is 0. The fourth-order valence-electron chi connectivity index (χ4n) is 2.49. The molecule has 0 radical (unpaired) electrons. The highest BCUT2D eigenvalue weighted by Crippen LogP contribution is 2.44.